The van der Waals surface area contributed by atoms with Gasteiger partial charge in [-0.2, -0.15) is 0 Å². The molecule has 0 saturated heterocycles. The van der Waals surface area contributed by atoms with E-state index in [0.717, 1.165) is 12.8 Å². The van der Waals surface area contributed by atoms with Crippen LogP contribution in [0.3, 0.4) is 0 Å². The molecular formula is C24H23NO4. The van der Waals surface area contributed by atoms with Crippen LogP contribution in [0.1, 0.15) is 35.1 Å². The monoisotopic (exact) mass is 389 g/mol. The van der Waals surface area contributed by atoms with Crippen molar-refractivity contribution in [1.82, 2.24) is 0 Å². The maximum atomic E-state index is 9.55. The number of carboxylic acid groups (broad SMARTS) is 2. The van der Waals surface area contributed by atoms with E-state index in [1.807, 2.05) is 0 Å². The molecule has 0 saturated carbocycles. The number of allylic oxidation sites excluding steroid dienone is 1. The second-order valence-electron chi connectivity index (χ2n) is 7.05. The van der Waals surface area contributed by atoms with Crippen molar-refractivity contribution in [1.29, 1.82) is 0 Å². The highest BCUT2D eigenvalue weighted by atomic mass is 16.4. The molecule has 0 bridgehead atoms. The van der Waals surface area contributed by atoms with Gasteiger partial charge >= 0.3 is 11.9 Å². The van der Waals surface area contributed by atoms with E-state index in [-0.39, 0.29) is 11.5 Å². The van der Waals surface area contributed by atoms with Crippen molar-refractivity contribution in [3.05, 3.63) is 95.1 Å². The molecule has 5 nitrogen and oxygen atoms in total. The lowest BCUT2D eigenvalue weighted by Gasteiger charge is -2.37. The van der Waals surface area contributed by atoms with Gasteiger partial charge in [-0.05, 0) is 35.1 Å². The molecule has 1 spiro atoms. The molecule has 0 amide bonds. The summed E-state index contributed by atoms with van der Waals surface area (Å²) in [5.74, 6) is -2.51. The Bertz CT molecular complexity index is 938. The van der Waals surface area contributed by atoms with Crippen LogP contribution in [0.5, 0.6) is 0 Å². The molecule has 4 rings (SSSR count). The van der Waals surface area contributed by atoms with E-state index in [2.05, 4.69) is 72.8 Å². The van der Waals surface area contributed by atoms with Gasteiger partial charge in [-0.1, -0.05) is 72.8 Å². The molecule has 2 aliphatic rings. The number of fused-ring (bicyclic) bond motifs is 4. The Labute approximate surface area is 169 Å². The average molecular weight is 389 g/mol. The summed E-state index contributed by atoms with van der Waals surface area (Å²) in [6.45, 7) is 0. The fourth-order valence-electron chi connectivity index (χ4n) is 3.88. The summed E-state index contributed by atoms with van der Waals surface area (Å²) in [6.07, 6.45) is 12.2. The molecule has 2 aliphatic carbocycles. The molecule has 0 fully saturated rings. The Hall–Kier alpha value is -3.44. The first-order valence-corrected chi connectivity index (χ1v) is 9.38. The van der Waals surface area contributed by atoms with Crippen molar-refractivity contribution in [2.75, 3.05) is 0 Å². The number of aliphatic carboxylic acids is 2. The maximum absolute atomic E-state index is 9.55. The van der Waals surface area contributed by atoms with Gasteiger partial charge in [-0.25, -0.2) is 9.59 Å². The molecule has 0 aromatic heterocycles. The minimum atomic E-state index is -1.26. The summed E-state index contributed by atoms with van der Waals surface area (Å²) >= 11 is 0. The van der Waals surface area contributed by atoms with Gasteiger partial charge in [0.1, 0.15) is 0 Å². The van der Waals surface area contributed by atoms with E-state index in [1.165, 1.54) is 22.3 Å². The fraction of sp³-hybridized carbons (Fsp3) is 0.167. The first-order valence-electron chi connectivity index (χ1n) is 9.38. The predicted molar refractivity (Wildman–Crippen MR) is 113 cm³/mol. The summed E-state index contributed by atoms with van der Waals surface area (Å²) in [4.78, 5) is 19.1. The van der Waals surface area contributed by atoms with Gasteiger partial charge < -0.3 is 15.9 Å². The molecule has 2 aromatic rings. The lowest BCUT2D eigenvalue weighted by Crippen LogP contribution is -2.34. The van der Waals surface area contributed by atoms with Crippen LogP contribution in [-0.2, 0) is 15.0 Å². The third-order valence-electron chi connectivity index (χ3n) is 5.19. The first kappa shape index (κ1) is 20.3. The first-order chi connectivity index (χ1) is 13.9. The van der Waals surface area contributed by atoms with Gasteiger partial charge in [0.25, 0.3) is 0 Å². The number of carboxylic acids is 2. The molecular weight excluding hydrogens is 366 g/mol. The lowest BCUT2D eigenvalue weighted by molar-refractivity contribution is -0.134. The number of benzene rings is 2. The van der Waals surface area contributed by atoms with Crippen molar-refractivity contribution < 1.29 is 19.8 Å². The van der Waals surface area contributed by atoms with E-state index in [4.69, 9.17) is 15.9 Å². The number of carbonyl (C=O) groups is 2. The van der Waals surface area contributed by atoms with Gasteiger partial charge in [0.05, 0.1) is 0 Å². The van der Waals surface area contributed by atoms with Gasteiger partial charge in [0.15, 0.2) is 0 Å². The van der Waals surface area contributed by atoms with Crippen molar-refractivity contribution >= 4 is 24.1 Å². The van der Waals surface area contributed by atoms with Crippen LogP contribution in [0.4, 0.5) is 0 Å². The van der Waals surface area contributed by atoms with Crippen molar-refractivity contribution in [3.8, 4) is 0 Å². The van der Waals surface area contributed by atoms with Gasteiger partial charge in [0, 0.05) is 23.6 Å². The Morgan fingerprint density at radius 1 is 0.897 bits per heavy atom. The Kier molecular flexibility index (Phi) is 6.10. The molecule has 4 N–H and O–H groups in total. The Morgan fingerprint density at radius 2 is 1.38 bits per heavy atom. The molecule has 5 heteroatoms. The Balaban J connectivity index is 0.000000258. The zero-order chi connectivity index (χ0) is 20.9. The highest BCUT2D eigenvalue weighted by molar-refractivity contribution is 5.89. The van der Waals surface area contributed by atoms with Crippen molar-refractivity contribution in [3.63, 3.8) is 0 Å². The van der Waals surface area contributed by atoms with Crippen LogP contribution in [0, 0.1) is 0 Å². The van der Waals surface area contributed by atoms with Gasteiger partial charge in [0.2, 0.25) is 0 Å². The van der Waals surface area contributed by atoms with E-state index in [9.17, 15) is 9.59 Å². The smallest absolute Gasteiger partial charge is 0.328 e. The molecule has 1 unspecified atom stereocenters. The minimum Gasteiger partial charge on any atom is -0.478 e. The highest BCUT2D eigenvalue weighted by Gasteiger charge is 2.37. The summed E-state index contributed by atoms with van der Waals surface area (Å²) < 4.78 is 0. The summed E-state index contributed by atoms with van der Waals surface area (Å²) in [7, 11) is 0. The van der Waals surface area contributed by atoms with Crippen LogP contribution in [0.15, 0.2) is 72.8 Å². The SMILES string of the molecule is NC1C=CC2(CC1)c1ccccc1C=Cc1ccccc12.O=C(O)/C=C/C(=O)O. The van der Waals surface area contributed by atoms with Crippen molar-refractivity contribution in [2.24, 2.45) is 5.73 Å². The quantitative estimate of drug-likeness (QED) is 0.535. The third kappa shape index (κ3) is 4.52. The molecule has 0 aliphatic heterocycles. The Morgan fingerprint density at radius 3 is 1.79 bits per heavy atom. The number of rotatable bonds is 2. The highest BCUT2D eigenvalue weighted by Crippen LogP contribution is 2.45. The predicted octanol–water partition coefficient (Wildman–Crippen LogP) is 3.85. The zero-order valence-electron chi connectivity index (χ0n) is 15.9. The van der Waals surface area contributed by atoms with E-state index in [1.54, 1.807) is 0 Å². The lowest BCUT2D eigenvalue weighted by atomic mass is 9.66. The van der Waals surface area contributed by atoms with Crippen LogP contribution >= 0.6 is 0 Å². The molecule has 2 aromatic carbocycles. The molecule has 0 heterocycles. The normalized spacial score (nSPS) is 18.3. The van der Waals surface area contributed by atoms with Crippen LogP contribution in [0.25, 0.3) is 12.2 Å². The summed E-state index contributed by atoms with van der Waals surface area (Å²) in [6, 6.07) is 17.7. The average Bonchev–Trinajstić information content (AvgIpc) is 2.85. The van der Waals surface area contributed by atoms with Gasteiger partial charge in [-0.3, -0.25) is 0 Å². The summed E-state index contributed by atoms with van der Waals surface area (Å²) in [5.41, 5.74) is 11.5. The topological polar surface area (TPSA) is 101 Å². The number of hydrogen-bond donors (Lipinski definition) is 3. The van der Waals surface area contributed by atoms with E-state index < -0.39 is 11.9 Å². The summed E-state index contributed by atoms with van der Waals surface area (Å²) in [5, 5.41) is 15.6. The zero-order valence-corrected chi connectivity index (χ0v) is 15.9. The van der Waals surface area contributed by atoms with Gasteiger partial charge in [-0.15, -0.1) is 0 Å². The molecule has 148 valence electrons. The minimum absolute atomic E-state index is 0.0352. The molecule has 29 heavy (non-hydrogen) atoms. The molecule has 1 atom stereocenters. The second-order valence-corrected chi connectivity index (χ2v) is 7.05. The molecule has 0 radical (unpaired) electrons. The fourth-order valence-corrected chi connectivity index (χ4v) is 3.88. The second kappa shape index (κ2) is 8.71. The standard InChI is InChI=1S/C20H19N.C4H4O4/c21-17-11-13-20(14-12-17)18-7-3-1-5-15(18)9-10-16-6-2-4-8-19(16)20;5-3(6)1-2-4(7)8/h1-11,13,17H,12,14,21H2;1-2H,(H,5,6)(H,7,8)/b;2-1+. The third-order valence-corrected chi connectivity index (χ3v) is 5.19. The van der Waals surface area contributed by atoms with Crippen LogP contribution < -0.4 is 5.73 Å². The maximum Gasteiger partial charge on any atom is 0.328 e. The van der Waals surface area contributed by atoms with E-state index in [0.29, 0.717) is 12.2 Å². The van der Waals surface area contributed by atoms with Crippen LogP contribution in [-0.4, -0.2) is 28.2 Å². The number of nitrogens with two attached hydrogens (primary N) is 1. The van der Waals surface area contributed by atoms with Crippen molar-refractivity contribution in [2.45, 2.75) is 24.3 Å². The van der Waals surface area contributed by atoms with E-state index >= 15 is 0 Å². The van der Waals surface area contributed by atoms with Crippen LogP contribution in [0.2, 0.25) is 0 Å². The largest absolute Gasteiger partial charge is 0.478 e. The number of hydrogen-bond acceptors (Lipinski definition) is 3.